The van der Waals surface area contributed by atoms with Gasteiger partial charge < -0.3 is 5.32 Å². The summed E-state index contributed by atoms with van der Waals surface area (Å²) in [7, 11) is 0. The van der Waals surface area contributed by atoms with Crippen LogP contribution in [0.15, 0.2) is 29.6 Å². The minimum Gasteiger partial charge on any atom is -0.339 e. The van der Waals surface area contributed by atoms with Gasteiger partial charge in [0.05, 0.1) is 5.39 Å². The van der Waals surface area contributed by atoms with Crippen molar-refractivity contribution in [3.05, 3.63) is 45.8 Å². The summed E-state index contributed by atoms with van der Waals surface area (Å²) < 4.78 is 13.3. The number of anilines is 2. The number of thiophene rings is 1. The smallest absolute Gasteiger partial charge is 0.225 e. The van der Waals surface area contributed by atoms with Crippen molar-refractivity contribution >= 4 is 56.3 Å². The highest BCUT2D eigenvalue weighted by atomic mass is 35.5. The number of nitrogens with zero attached hydrogens (tertiary/aromatic N) is 2. The van der Waals surface area contributed by atoms with E-state index in [4.69, 9.17) is 23.2 Å². The average Bonchev–Trinajstić information content (AvgIpc) is 2.75. The number of aromatic nitrogens is 2. The van der Waals surface area contributed by atoms with Crippen LogP contribution in [0.5, 0.6) is 0 Å². The van der Waals surface area contributed by atoms with E-state index in [1.165, 1.54) is 23.5 Å². The summed E-state index contributed by atoms with van der Waals surface area (Å²) >= 11 is 13.1. The molecule has 19 heavy (non-hydrogen) atoms. The molecule has 3 aromatic rings. The molecule has 0 saturated carbocycles. The molecule has 1 aromatic carbocycles. The molecule has 0 amide bonds. The Bertz CT molecular complexity index is 740. The molecule has 0 bridgehead atoms. The van der Waals surface area contributed by atoms with Gasteiger partial charge in [0.25, 0.3) is 0 Å². The third kappa shape index (κ3) is 2.63. The first-order valence-electron chi connectivity index (χ1n) is 5.26. The molecule has 0 radical (unpaired) electrons. The predicted octanol–water partition coefficient (Wildman–Crippen LogP) is 4.88. The van der Waals surface area contributed by atoms with Crippen LogP contribution in [0.25, 0.3) is 10.2 Å². The summed E-state index contributed by atoms with van der Waals surface area (Å²) in [6.07, 6.45) is 0. The molecule has 0 spiro atoms. The van der Waals surface area contributed by atoms with Gasteiger partial charge in [-0.3, -0.25) is 0 Å². The lowest BCUT2D eigenvalue weighted by Gasteiger charge is -2.07. The van der Waals surface area contributed by atoms with Crippen LogP contribution < -0.4 is 5.32 Å². The Morgan fingerprint density at radius 2 is 2.00 bits per heavy atom. The van der Waals surface area contributed by atoms with Crippen LogP contribution >= 0.6 is 34.5 Å². The van der Waals surface area contributed by atoms with Crippen LogP contribution in [0, 0.1) is 5.82 Å². The van der Waals surface area contributed by atoms with Crippen molar-refractivity contribution in [3.8, 4) is 0 Å². The molecule has 96 valence electrons. The molecule has 0 fully saturated rings. The molecule has 1 N–H and O–H groups in total. The van der Waals surface area contributed by atoms with E-state index in [-0.39, 0.29) is 5.28 Å². The van der Waals surface area contributed by atoms with Crippen molar-refractivity contribution in [3.63, 3.8) is 0 Å². The van der Waals surface area contributed by atoms with Crippen molar-refractivity contribution in [2.45, 2.75) is 0 Å². The first-order chi connectivity index (χ1) is 9.11. The second kappa shape index (κ2) is 4.92. The maximum Gasteiger partial charge on any atom is 0.225 e. The number of benzene rings is 1. The van der Waals surface area contributed by atoms with Crippen molar-refractivity contribution in [1.29, 1.82) is 0 Å². The van der Waals surface area contributed by atoms with Gasteiger partial charge in [-0.1, -0.05) is 11.6 Å². The zero-order valence-corrected chi connectivity index (χ0v) is 11.7. The van der Waals surface area contributed by atoms with Gasteiger partial charge in [-0.2, -0.15) is 4.98 Å². The van der Waals surface area contributed by atoms with E-state index in [0.29, 0.717) is 16.5 Å². The highest BCUT2D eigenvalue weighted by molar-refractivity contribution is 7.16. The number of nitrogens with one attached hydrogen (secondary N) is 1. The standard InChI is InChI=1S/C12H6Cl2FN3S/c13-6-3-7(15)5-8(4-6)16-10-9-1-2-19-11(9)18-12(14)17-10/h1-5H,(H,16,17,18). The first-order valence-corrected chi connectivity index (χ1v) is 6.89. The molecule has 0 aliphatic heterocycles. The van der Waals surface area contributed by atoms with Gasteiger partial charge in [0.15, 0.2) is 0 Å². The van der Waals surface area contributed by atoms with Crippen molar-refractivity contribution in [2.75, 3.05) is 5.32 Å². The lowest BCUT2D eigenvalue weighted by molar-refractivity contribution is 0.628. The Morgan fingerprint density at radius 1 is 1.16 bits per heavy atom. The molecular formula is C12H6Cl2FN3S. The summed E-state index contributed by atoms with van der Waals surface area (Å²) in [6.45, 7) is 0. The number of hydrogen-bond acceptors (Lipinski definition) is 4. The molecule has 7 heteroatoms. The Hall–Kier alpha value is -1.43. The normalized spacial score (nSPS) is 10.9. The van der Waals surface area contributed by atoms with E-state index in [2.05, 4.69) is 15.3 Å². The molecule has 0 saturated heterocycles. The zero-order chi connectivity index (χ0) is 13.4. The number of fused-ring (bicyclic) bond motifs is 1. The van der Waals surface area contributed by atoms with Crippen LogP contribution in [-0.2, 0) is 0 Å². The van der Waals surface area contributed by atoms with Gasteiger partial charge in [0.1, 0.15) is 16.5 Å². The second-order valence-electron chi connectivity index (χ2n) is 3.76. The van der Waals surface area contributed by atoms with Gasteiger partial charge >= 0.3 is 0 Å². The van der Waals surface area contributed by atoms with E-state index in [1.54, 1.807) is 6.07 Å². The maximum absolute atomic E-state index is 13.3. The topological polar surface area (TPSA) is 37.8 Å². The summed E-state index contributed by atoms with van der Waals surface area (Å²) in [5, 5.41) is 6.17. The summed E-state index contributed by atoms with van der Waals surface area (Å²) in [5.74, 6) is 0.106. The first kappa shape index (κ1) is 12.6. The molecule has 3 nitrogen and oxygen atoms in total. The van der Waals surface area contributed by atoms with Gasteiger partial charge in [-0.05, 0) is 41.2 Å². The average molecular weight is 314 g/mol. The highest BCUT2D eigenvalue weighted by Crippen LogP contribution is 2.29. The molecular weight excluding hydrogens is 308 g/mol. The Balaban J connectivity index is 2.07. The fourth-order valence-electron chi connectivity index (χ4n) is 1.69. The number of hydrogen-bond donors (Lipinski definition) is 1. The number of rotatable bonds is 2. The van der Waals surface area contributed by atoms with E-state index in [0.717, 1.165) is 10.2 Å². The van der Waals surface area contributed by atoms with Crippen LogP contribution in [0.1, 0.15) is 0 Å². The van der Waals surface area contributed by atoms with Crippen molar-refractivity contribution in [1.82, 2.24) is 9.97 Å². The van der Waals surface area contributed by atoms with Crippen molar-refractivity contribution < 1.29 is 4.39 Å². The fourth-order valence-corrected chi connectivity index (χ4v) is 2.89. The van der Waals surface area contributed by atoms with E-state index < -0.39 is 5.82 Å². The molecule has 3 rings (SSSR count). The maximum atomic E-state index is 13.3. The zero-order valence-electron chi connectivity index (χ0n) is 9.32. The highest BCUT2D eigenvalue weighted by Gasteiger charge is 2.09. The Morgan fingerprint density at radius 3 is 2.79 bits per heavy atom. The molecule has 2 heterocycles. The van der Waals surface area contributed by atoms with Crippen LogP contribution in [-0.4, -0.2) is 9.97 Å². The Kier molecular flexibility index (Phi) is 3.26. The van der Waals surface area contributed by atoms with E-state index in [1.807, 2.05) is 11.4 Å². The number of halogens is 3. The van der Waals surface area contributed by atoms with E-state index >= 15 is 0 Å². The molecule has 0 aliphatic rings. The third-order valence-corrected chi connectivity index (χ3v) is 3.62. The molecule has 0 unspecified atom stereocenters. The van der Waals surface area contributed by atoms with Gasteiger partial charge in [-0.25, -0.2) is 9.37 Å². The summed E-state index contributed by atoms with van der Waals surface area (Å²) in [4.78, 5) is 8.99. The van der Waals surface area contributed by atoms with Crippen molar-refractivity contribution in [2.24, 2.45) is 0 Å². The molecule has 0 atom stereocenters. The second-order valence-corrected chi connectivity index (χ2v) is 5.43. The lowest BCUT2D eigenvalue weighted by Crippen LogP contribution is -1.96. The quantitative estimate of drug-likeness (QED) is 0.685. The largest absolute Gasteiger partial charge is 0.339 e. The fraction of sp³-hybridized carbons (Fsp3) is 0. The van der Waals surface area contributed by atoms with Gasteiger partial charge in [-0.15, -0.1) is 11.3 Å². The third-order valence-electron chi connectivity index (χ3n) is 2.42. The summed E-state index contributed by atoms with van der Waals surface area (Å²) in [5.41, 5.74) is 0.507. The predicted molar refractivity (Wildman–Crippen MR) is 77.1 cm³/mol. The van der Waals surface area contributed by atoms with Crippen LogP contribution in [0.3, 0.4) is 0 Å². The van der Waals surface area contributed by atoms with E-state index in [9.17, 15) is 4.39 Å². The summed E-state index contributed by atoms with van der Waals surface area (Å²) in [6, 6.07) is 6.05. The monoisotopic (exact) mass is 313 g/mol. The van der Waals surface area contributed by atoms with Gasteiger partial charge in [0.2, 0.25) is 5.28 Å². The van der Waals surface area contributed by atoms with Crippen LogP contribution in [0.4, 0.5) is 15.9 Å². The van der Waals surface area contributed by atoms with Gasteiger partial charge in [0, 0.05) is 10.7 Å². The molecule has 0 aliphatic carbocycles. The lowest BCUT2D eigenvalue weighted by atomic mass is 10.3. The van der Waals surface area contributed by atoms with Crippen LogP contribution in [0.2, 0.25) is 10.3 Å². The minimum atomic E-state index is -0.420. The SMILES string of the molecule is Fc1cc(Cl)cc(Nc2nc(Cl)nc3sccc23)c1. The molecule has 2 aromatic heterocycles. The Labute approximate surface area is 122 Å². The minimum absolute atomic E-state index is 0.139.